The summed E-state index contributed by atoms with van der Waals surface area (Å²) in [6.45, 7) is 10.7. The minimum atomic E-state index is 0. The number of allylic oxidation sites excluding steroid dienone is 2. The third kappa shape index (κ3) is 5.53. The van der Waals surface area contributed by atoms with Crippen molar-refractivity contribution in [2.75, 3.05) is 0 Å². The number of thiol groups is 1. The SMILES string of the molecule is C/C=C\c1cc2c(c(S)c1/C=C(\C)C1CC1)CC(C)C2.CC.O.[U]. The topological polar surface area (TPSA) is 31.5 Å². The zero-order valence-corrected chi connectivity index (χ0v) is 20.8. The monoisotopic (exact) mass is 570 g/mol. The molecule has 1 fully saturated rings. The van der Waals surface area contributed by atoms with Crippen molar-refractivity contribution in [3.63, 3.8) is 0 Å². The van der Waals surface area contributed by atoms with Crippen molar-refractivity contribution in [3.8, 4) is 0 Å². The Balaban J connectivity index is 0.00000128. The van der Waals surface area contributed by atoms with Gasteiger partial charge in [0, 0.05) is 36.0 Å². The van der Waals surface area contributed by atoms with Crippen LogP contribution < -0.4 is 0 Å². The fourth-order valence-corrected chi connectivity index (χ4v) is 3.79. The second-order valence-corrected chi connectivity index (χ2v) is 6.99. The van der Waals surface area contributed by atoms with Crippen molar-refractivity contribution in [3.05, 3.63) is 40.0 Å². The molecule has 1 aromatic carbocycles. The largest absolute Gasteiger partial charge is 0.412 e. The van der Waals surface area contributed by atoms with Gasteiger partial charge in [0.2, 0.25) is 0 Å². The summed E-state index contributed by atoms with van der Waals surface area (Å²) >= 11 is 4.89. The molecular formula is C21H32OSU. The smallest absolute Gasteiger partial charge is 0.0154 e. The van der Waals surface area contributed by atoms with Gasteiger partial charge in [0.15, 0.2) is 0 Å². The second-order valence-electron chi connectivity index (χ2n) is 6.54. The molecule has 1 atom stereocenters. The predicted octanol–water partition coefficient (Wildman–Crippen LogP) is 5.76. The van der Waals surface area contributed by atoms with Gasteiger partial charge in [-0.15, -0.1) is 12.6 Å². The van der Waals surface area contributed by atoms with E-state index in [1.165, 1.54) is 58.4 Å². The van der Waals surface area contributed by atoms with Gasteiger partial charge in [0.25, 0.3) is 0 Å². The van der Waals surface area contributed by atoms with Crippen LogP contribution in [0.15, 0.2) is 22.6 Å². The summed E-state index contributed by atoms with van der Waals surface area (Å²) in [5, 5.41) is 0. The van der Waals surface area contributed by atoms with Crippen LogP contribution in [0.25, 0.3) is 12.2 Å². The molecule has 2 aliphatic carbocycles. The molecule has 1 saturated carbocycles. The summed E-state index contributed by atoms with van der Waals surface area (Å²) in [4.78, 5) is 1.22. The average Bonchev–Trinajstić information content (AvgIpc) is 3.28. The molecule has 3 heteroatoms. The Hall–Kier alpha value is 0.0619. The van der Waals surface area contributed by atoms with E-state index in [0.717, 1.165) is 11.8 Å². The van der Waals surface area contributed by atoms with Crippen LogP contribution >= 0.6 is 12.6 Å². The molecule has 2 N–H and O–H groups in total. The summed E-state index contributed by atoms with van der Waals surface area (Å²) in [6.07, 6.45) is 11.9. The van der Waals surface area contributed by atoms with Crippen LogP contribution in [0.4, 0.5) is 0 Å². The molecule has 3 rings (SSSR count). The zero-order valence-electron chi connectivity index (χ0n) is 15.7. The first kappa shape index (κ1) is 24.1. The fourth-order valence-electron chi connectivity index (χ4n) is 3.36. The van der Waals surface area contributed by atoms with E-state index in [2.05, 4.69) is 45.1 Å². The quantitative estimate of drug-likeness (QED) is 0.449. The maximum Gasteiger partial charge on any atom is 0.0154 e. The van der Waals surface area contributed by atoms with Crippen LogP contribution in [0.5, 0.6) is 0 Å². The van der Waals surface area contributed by atoms with Crippen molar-refractivity contribution < 1.29 is 36.6 Å². The zero-order chi connectivity index (χ0) is 16.3. The number of hydrogen-bond acceptors (Lipinski definition) is 1. The Bertz CT molecular complexity index is 600. The third-order valence-corrected chi connectivity index (χ3v) is 5.14. The van der Waals surface area contributed by atoms with Crippen LogP contribution in [0.1, 0.15) is 69.7 Å². The maximum absolute atomic E-state index is 4.89. The minimum Gasteiger partial charge on any atom is -0.412 e. The van der Waals surface area contributed by atoms with Gasteiger partial charge in [-0.1, -0.05) is 50.6 Å². The van der Waals surface area contributed by atoms with E-state index < -0.39 is 0 Å². The van der Waals surface area contributed by atoms with Gasteiger partial charge < -0.3 is 5.48 Å². The molecular weight excluding hydrogens is 538 g/mol. The summed E-state index contributed by atoms with van der Waals surface area (Å²) in [5.74, 6) is 1.59. The normalized spacial score (nSPS) is 19.1. The van der Waals surface area contributed by atoms with E-state index >= 15 is 0 Å². The van der Waals surface area contributed by atoms with Crippen LogP contribution in [-0.4, -0.2) is 5.48 Å². The molecule has 24 heavy (non-hydrogen) atoms. The molecule has 0 amide bonds. The number of hydrogen-bond donors (Lipinski definition) is 1. The fraction of sp³-hybridized carbons (Fsp3) is 0.524. The Labute approximate surface area is 177 Å². The van der Waals surface area contributed by atoms with Crippen LogP contribution in [0.3, 0.4) is 0 Å². The summed E-state index contributed by atoms with van der Waals surface area (Å²) in [7, 11) is 0. The summed E-state index contributed by atoms with van der Waals surface area (Å²) < 4.78 is 0. The van der Waals surface area contributed by atoms with Crippen LogP contribution in [-0.2, 0) is 12.8 Å². The summed E-state index contributed by atoms with van der Waals surface area (Å²) in [5.41, 5.74) is 7.20. The summed E-state index contributed by atoms with van der Waals surface area (Å²) in [6, 6.07) is 2.39. The predicted molar refractivity (Wildman–Crippen MR) is 106 cm³/mol. The molecule has 0 bridgehead atoms. The standard InChI is InChI=1S/C19H24S.C2H6.H2O.U/c1-4-5-15-11-16-8-12(2)9-17(16)19(20)18(15)10-13(3)14-6-7-14;1-2;;/h4-5,10-12,14,20H,6-9H2,1-3H3;1-2H3;1H2;/b5-4-,13-10+;;;. The molecule has 0 saturated heterocycles. The Morgan fingerprint density at radius 3 is 2.38 bits per heavy atom. The van der Waals surface area contributed by atoms with Crippen molar-refractivity contribution in [1.29, 1.82) is 0 Å². The molecule has 1 unspecified atom stereocenters. The number of benzene rings is 1. The minimum absolute atomic E-state index is 0. The molecule has 0 aromatic heterocycles. The first-order valence-electron chi connectivity index (χ1n) is 8.78. The molecule has 2 aliphatic rings. The van der Waals surface area contributed by atoms with Crippen LogP contribution in [0, 0.1) is 42.9 Å². The van der Waals surface area contributed by atoms with Crippen molar-refractivity contribution in [1.82, 2.24) is 0 Å². The van der Waals surface area contributed by atoms with Crippen molar-refractivity contribution in [2.24, 2.45) is 11.8 Å². The first-order chi connectivity index (χ1) is 10.6. The Morgan fingerprint density at radius 1 is 1.21 bits per heavy atom. The van der Waals surface area contributed by atoms with Gasteiger partial charge in [-0.25, -0.2) is 0 Å². The van der Waals surface area contributed by atoms with Crippen molar-refractivity contribution >= 4 is 24.8 Å². The number of fused-ring (bicyclic) bond motifs is 1. The van der Waals surface area contributed by atoms with Gasteiger partial charge in [-0.3, -0.25) is 0 Å². The first-order valence-corrected chi connectivity index (χ1v) is 9.23. The second kappa shape index (κ2) is 10.9. The van der Waals surface area contributed by atoms with E-state index in [-0.39, 0.29) is 36.6 Å². The molecule has 0 heterocycles. The third-order valence-electron chi connectivity index (χ3n) is 4.63. The molecule has 1 nitrogen and oxygen atoms in total. The molecule has 0 aliphatic heterocycles. The Morgan fingerprint density at radius 2 is 1.83 bits per heavy atom. The number of rotatable bonds is 3. The van der Waals surface area contributed by atoms with Crippen molar-refractivity contribution in [2.45, 2.75) is 65.2 Å². The van der Waals surface area contributed by atoms with Gasteiger partial charge in [-0.05, 0) is 73.6 Å². The Kier molecular flexibility index (Phi) is 10.9. The van der Waals surface area contributed by atoms with Gasteiger partial charge in [-0.2, -0.15) is 0 Å². The van der Waals surface area contributed by atoms with Gasteiger partial charge in [0.05, 0.1) is 0 Å². The average molecular weight is 571 g/mol. The van der Waals surface area contributed by atoms with E-state index in [4.69, 9.17) is 12.6 Å². The van der Waals surface area contributed by atoms with E-state index in [1.807, 2.05) is 13.8 Å². The molecule has 1 aromatic rings. The maximum atomic E-state index is 4.89. The molecule has 0 radical (unpaired) electrons. The molecule has 132 valence electrons. The van der Waals surface area contributed by atoms with E-state index in [0.29, 0.717) is 0 Å². The van der Waals surface area contributed by atoms with Gasteiger partial charge in [0.1, 0.15) is 0 Å². The van der Waals surface area contributed by atoms with Crippen LogP contribution in [0.2, 0.25) is 0 Å². The van der Waals surface area contributed by atoms with Gasteiger partial charge >= 0.3 is 0 Å². The van der Waals surface area contributed by atoms with E-state index in [9.17, 15) is 0 Å². The van der Waals surface area contributed by atoms with E-state index in [1.54, 1.807) is 0 Å². The molecule has 0 spiro atoms.